The lowest BCUT2D eigenvalue weighted by atomic mass is 10.0. The summed E-state index contributed by atoms with van der Waals surface area (Å²) in [4.78, 5) is 26.5. The SMILES string of the molecule is O=C(Cc1ccc2ccccc2c1)NC1CCN(CC(=O)NC2CC2)CC1. The smallest absolute Gasteiger partial charge is 0.234 e. The molecule has 1 saturated carbocycles. The van der Waals surface area contributed by atoms with Gasteiger partial charge in [-0.2, -0.15) is 0 Å². The Labute approximate surface area is 160 Å². The molecule has 2 N–H and O–H groups in total. The molecule has 0 spiro atoms. The number of fused-ring (bicyclic) bond motifs is 1. The first-order valence-electron chi connectivity index (χ1n) is 9.94. The Morgan fingerprint density at radius 2 is 1.52 bits per heavy atom. The Kier molecular flexibility index (Phi) is 5.39. The van der Waals surface area contributed by atoms with Gasteiger partial charge in [-0.15, -0.1) is 0 Å². The minimum Gasteiger partial charge on any atom is -0.353 e. The van der Waals surface area contributed by atoms with Gasteiger partial charge in [-0.05, 0) is 42.0 Å². The number of benzene rings is 2. The zero-order valence-electron chi connectivity index (χ0n) is 15.6. The van der Waals surface area contributed by atoms with Crippen molar-refractivity contribution < 1.29 is 9.59 Å². The second-order valence-electron chi connectivity index (χ2n) is 7.82. The fourth-order valence-electron chi connectivity index (χ4n) is 3.75. The number of nitrogens with zero attached hydrogens (tertiary/aromatic N) is 1. The van der Waals surface area contributed by atoms with Crippen molar-refractivity contribution in [2.75, 3.05) is 19.6 Å². The van der Waals surface area contributed by atoms with Crippen molar-refractivity contribution in [2.24, 2.45) is 0 Å². The maximum Gasteiger partial charge on any atom is 0.234 e. The van der Waals surface area contributed by atoms with Crippen LogP contribution in [0.4, 0.5) is 0 Å². The van der Waals surface area contributed by atoms with Crippen LogP contribution in [0.5, 0.6) is 0 Å². The molecule has 142 valence electrons. The highest BCUT2D eigenvalue weighted by Crippen LogP contribution is 2.19. The van der Waals surface area contributed by atoms with Crippen molar-refractivity contribution in [3.8, 4) is 0 Å². The molecule has 1 heterocycles. The summed E-state index contributed by atoms with van der Waals surface area (Å²) >= 11 is 0. The number of nitrogens with one attached hydrogen (secondary N) is 2. The molecule has 0 bridgehead atoms. The number of rotatable bonds is 6. The van der Waals surface area contributed by atoms with Crippen LogP contribution >= 0.6 is 0 Å². The van der Waals surface area contributed by atoms with Crippen molar-refractivity contribution in [3.63, 3.8) is 0 Å². The third-order valence-corrected chi connectivity index (χ3v) is 5.44. The van der Waals surface area contributed by atoms with Crippen LogP contribution in [0.2, 0.25) is 0 Å². The van der Waals surface area contributed by atoms with E-state index in [0.29, 0.717) is 19.0 Å². The van der Waals surface area contributed by atoms with Gasteiger partial charge in [0.1, 0.15) is 0 Å². The molecule has 2 aromatic rings. The van der Waals surface area contributed by atoms with Crippen LogP contribution in [0.3, 0.4) is 0 Å². The van der Waals surface area contributed by atoms with Gasteiger partial charge in [-0.3, -0.25) is 14.5 Å². The van der Waals surface area contributed by atoms with Crippen LogP contribution in [0, 0.1) is 0 Å². The summed E-state index contributed by atoms with van der Waals surface area (Å²) < 4.78 is 0. The van der Waals surface area contributed by atoms with Crippen LogP contribution in [-0.4, -0.2) is 48.4 Å². The highest BCUT2D eigenvalue weighted by Gasteiger charge is 2.26. The summed E-state index contributed by atoms with van der Waals surface area (Å²) in [5.74, 6) is 0.214. The maximum atomic E-state index is 12.4. The van der Waals surface area contributed by atoms with Crippen molar-refractivity contribution in [1.29, 1.82) is 0 Å². The Bertz CT molecular complexity index is 823. The van der Waals surface area contributed by atoms with Gasteiger partial charge in [0.2, 0.25) is 11.8 Å². The van der Waals surface area contributed by atoms with Crippen molar-refractivity contribution >= 4 is 22.6 Å². The summed E-state index contributed by atoms with van der Waals surface area (Å²) in [5.41, 5.74) is 1.04. The van der Waals surface area contributed by atoms with Gasteiger partial charge in [0.15, 0.2) is 0 Å². The first-order chi connectivity index (χ1) is 13.2. The summed E-state index contributed by atoms with van der Waals surface area (Å²) in [6, 6.07) is 15.0. The third-order valence-electron chi connectivity index (χ3n) is 5.44. The minimum absolute atomic E-state index is 0.0789. The number of piperidine rings is 1. The highest BCUT2D eigenvalue weighted by molar-refractivity contribution is 5.85. The van der Waals surface area contributed by atoms with E-state index in [1.165, 1.54) is 10.8 Å². The predicted molar refractivity (Wildman–Crippen MR) is 106 cm³/mol. The summed E-state index contributed by atoms with van der Waals surface area (Å²) in [7, 11) is 0. The van der Waals surface area contributed by atoms with E-state index in [0.717, 1.165) is 44.3 Å². The van der Waals surface area contributed by atoms with Gasteiger partial charge < -0.3 is 10.6 Å². The Hall–Kier alpha value is -2.40. The van der Waals surface area contributed by atoms with E-state index in [2.05, 4.69) is 39.8 Å². The number of hydrogen-bond acceptors (Lipinski definition) is 3. The van der Waals surface area contributed by atoms with Gasteiger partial charge in [0.25, 0.3) is 0 Å². The van der Waals surface area contributed by atoms with Crippen molar-refractivity contribution in [2.45, 2.75) is 44.2 Å². The van der Waals surface area contributed by atoms with Crippen LogP contribution in [0.25, 0.3) is 10.8 Å². The molecule has 1 saturated heterocycles. The van der Waals surface area contributed by atoms with Crippen LogP contribution in [0.15, 0.2) is 42.5 Å². The summed E-state index contributed by atoms with van der Waals surface area (Å²) in [6.07, 6.45) is 4.46. The average Bonchev–Trinajstić information content (AvgIpc) is 3.47. The maximum absolute atomic E-state index is 12.4. The molecule has 1 aliphatic heterocycles. The molecule has 2 aromatic carbocycles. The molecule has 4 rings (SSSR count). The highest BCUT2D eigenvalue weighted by atomic mass is 16.2. The second kappa shape index (κ2) is 8.09. The monoisotopic (exact) mass is 365 g/mol. The Morgan fingerprint density at radius 3 is 2.26 bits per heavy atom. The predicted octanol–water partition coefficient (Wildman–Crippen LogP) is 2.24. The minimum atomic E-state index is 0.0789. The molecule has 0 unspecified atom stereocenters. The third kappa shape index (κ3) is 5.07. The van der Waals surface area contributed by atoms with Crippen LogP contribution < -0.4 is 10.6 Å². The number of likely N-dealkylation sites (tertiary alicyclic amines) is 1. The zero-order chi connectivity index (χ0) is 18.6. The van der Waals surface area contributed by atoms with Gasteiger partial charge in [0.05, 0.1) is 13.0 Å². The van der Waals surface area contributed by atoms with Gasteiger partial charge in [-0.25, -0.2) is 0 Å². The van der Waals surface area contributed by atoms with E-state index >= 15 is 0 Å². The van der Waals surface area contributed by atoms with E-state index in [9.17, 15) is 9.59 Å². The second-order valence-corrected chi connectivity index (χ2v) is 7.82. The van der Waals surface area contributed by atoms with Crippen molar-refractivity contribution in [3.05, 3.63) is 48.0 Å². The van der Waals surface area contributed by atoms with E-state index < -0.39 is 0 Å². The van der Waals surface area contributed by atoms with E-state index in [1.807, 2.05) is 18.2 Å². The number of carbonyl (C=O) groups excluding carboxylic acids is 2. The summed E-state index contributed by atoms with van der Waals surface area (Å²) in [5, 5.41) is 8.56. The molecular formula is C22H27N3O2. The number of hydrogen-bond donors (Lipinski definition) is 2. The largest absolute Gasteiger partial charge is 0.353 e. The fourth-order valence-corrected chi connectivity index (χ4v) is 3.75. The van der Waals surface area contributed by atoms with Crippen molar-refractivity contribution in [1.82, 2.24) is 15.5 Å². The molecule has 0 radical (unpaired) electrons. The first kappa shape index (κ1) is 18.0. The topological polar surface area (TPSA) is 61.4 Å². The Balaban J connectivity index is 1.22. The fraction of sp³-hybridized carbons (Fsp3) is 0.455. The molecule has 1 aliphatic carbocycles. The van der Waals surface area contributed by atoms with E-state index in [4.69, 9.17) is 0 Å². The normalized spacial score (nSPS) is 18.4. The van der Waals surface area contributed by atoms with E-state index in [1.54, 1.807) is 0 Å². The molecule has 27 heavy (non-hydrogen) atoms. The van der Waals surface area contributed by atoms with Gasteiger partial charge >= 0.3 is 0 Å². The molecule has 5 heteroatoms. The van der Waals surface area contributed by atoms with Crippen LogP contribution in [-0.2, 0) is 16.0 Å². The van der Waals surface area contributed by atoms with Gasteiger partial charge in [0, 0.05) is 25.2 Å². The molecule has 0 atom stereocenters. The molecule has 2 amide bonds. The standard InChI is InChI=1S/C22H27N3O2/c26-21(14-16-5-6-17-3-1-2-4-18(17)13-16)23-20-9-11-25(12-10-20)15-22(27)24-19-7-8-19/h1-6,13,19-20H,7-12,14-15H2,(H,23,26)(H,24,27). The zero-order valence-corrected chi connectivity index (χ0v) is 15.6. The summed E-state index contributed by atoms with van der Waals surface area (Å²) in [6.45, 7) is 2.20. The first-order valence-corrected chi connectivity index (χ1v) is 9.94. The molecule has 5 nitrogen and oxygen atoms in total. The van der Waals surface area contributed by atoms with Crippen LogP contribution in [0.1, 0.15) is 31.2 Å². The van der Waals surface area contributed by atoms with Gasteiger partial charge in [-0.1, -0.05) is 42.5 Å². The molecule has 0 aromatic heterocycles. The lowest BCUT2D eigenvalue weighted by Crippen LogP contribution is -2.47. The lowest BCUT2D eigenvalue weighted by molar-refractivity contribution is -0.124. The number of amides is 2. The molecule has 2 fully saturated rings. The molecular weight excluding hydrogens is 338 g/mol. The van der Waals surface area contributed by atoms with E-state index in [-0.39, 0.29) is 17.9 Å². The molecule has 2 aliphatic rings. The number of carbonyl (C=O) groups is 2. The average molecular weight is 365 g/mol. The Morgan fingerprint density at radius 1 is 0.852 bits per heavy atom. The lowest BCUT2D eigenvalue weighted by Gasteiger charge is -2.31. The quantitative estimate of drug-likeness (QED) is 0.825.